The van der Waals surface area contributed by atoms with Crippen LogP contribution in [-0.2, 0) is 11.8 Å². The van der Waals surface area contributed by atoms with Gasteiger partial charge in [-0.25, -0.2) is 0 Å². The van der Waals surface area contributed by atoms with Gasteiger partial charge in [-0.2, -0.15) is 5.10 Å². The van der Waals surface area contributed by atoms with Gasteiger partial charge in [-0.1, -0.05) is 13.8 Å². The van der Waals surface area contributed by atoms with E-state index in [9.17, 15) is 9.59 Å². The van der Waals surface area contributed by atoms with Crippen LogP contribution in [0.2, 0.25) is 0 Å². The SMILES string of the molecule is CCCOCC1CCN(C(=O)c2cc3c4c(cnn4[C@H]4CCN(CC)C4)c(=O)n(C)c3cc2C)CC1. The average molecular weight is 494 g/mol. The van der Waals surface area contributed by atoms with Crippen LogP contribution in [0.4, 0.5) is 0 Å². The Morgan fingerprint density at radius 1 is 1.11 bits per heavy atom. The summed E-state index contributed by atoms with van der Waals surface area (Å²) in [6, 6.07) is 4.24. The van der Waals surface area contributed by atoms with Gasteiger partial charge in [0.2, 0.25) is 0 Å². The highest BCUT2D eigenvalue weighted by atomic mass is 16.5. The number of ether oxygens (including phenoxy) is 1. The number of piperidine rings is 1. The zero-order valence-corrected chi connectivity index (χ0v) is 22.1. The summed E-state index contributed by atoms with van der Waals surface area (Å²) in [6.07, 6.45) is 5.70. The molecule has 194 valence electrons. The number of amides is 1. The molecule has 8 nitrogen and oxygen atoms in total. The van der Waals surface area contributed by atoms with Gasteiger partial charge in [0.25, 0.3) is 11.5 Å². The van der Waals surface area contributed by atoms with Crippen LogP contribution >= 0.6 is 0 Å². The summed E-state index contributed by atoms with van der Waals surface area (Å²) in [6.45, 7) is 12.4. The predicted molar refractivity (Wildman–Crippen MR) is 143 cm³/mol. The minimum absolute atomic E-state index is 0.0417. The second kappa shape index (κ2) is 10.3. The molecule has 3 aromatic rings. The van der Waals surface area contributed by atoms with Gasteiger partial charge in [0.1, 0.15) is 0 Å². The zero-order chi connectivity index (χ0) is 25.4. The van der Waals surface area contributed by atoms with E-state index in [4.69, 9.17) is 9.84 Å². The fourth-order valence-electron chi connectivity index (χ4n) is 5.91. The monoisotopic (exact) mass is 493 g/mol. The molecule has 5 rings (SSSR count). The quantitative estimate of drug-likeness (QED) is 0.469. The largest absolute Gasteiger partial charge is 0.381 e. The first-order valence-corrected chi connectivity index (χ1v) is 13.5. The van der Waals surface area contributed by atoms with Crippen LogP contribution in [0, 0.1) is 12.8 Å². The summed E-state index contributed by atoms with van der Waals surface area (Å²) >= 11 is 0. The molecule has 1 atom stereocenters. The van der Waals surface area contributed by atoms with E-state index >= 15 is 0 Å². The lowest BCUT2D eigenvalue weighted by Crippen LogP contribution is -2.39. The number of nitrogens with zero attached hydrogens (tertiary/aromatic N) is 5. The van der Waals surface area contributed by atoms with Crippen molar-refractivity contribution in [1.82, 2.24) is 24.1 Å². The topological polar surface area (TPSA) is 72.6 Å². The molecule has 2 aromatic heterocycles. The van der Waals surface area contributed by atoms with Gasteiger partial charge in [0.05, 0.1) is 28.7 Å². The Kier molecular flexibility index (Phi) is 7.17. The average Bonchev–Trinajstić information content (AvgIpc) is 3.55. The standard InChI is InChI=1S/C28H39N5O3/c1-5-13-36-18-20-7-11-32(12-8-20)28(35)22-15-23-25(14-19(22)3)30(4)27(34)24-16-29-33(26(23)24)21-9-10-31(6-2)17-21/h14-16,20-21H,5-13,17-18H2,1-4H3/t21-/m0/s1. The highest BCUT2D eigenvalue weighted by molar-refractivity contribution is 6.08. The number of pyridine rings is 1. The first kappa shape index (κ1) is 25.0. The third kappa shape index (κ3) is 4.45. The molecule has 0 aliphatic carbocycles. The van der Waals surface area contributed by atoms with E-state index in [0.29, 0.717) is 11.3 Å². The molecule has 1 amide bonds. The number of fused-ring (bicyclic) bond motifs is 3. The lowest BCUT2D eigenvalue weighted by Gasteiger charge is -2.32. The minimum atomic E-state index is -0.0417. The molecular weight excluding hydrogens is 454 g/mol. The molecule has 2 fully saturated rings. The number of hydrogen-bond donors (Lipinski definition) is 0. The maximum atomic E-state index is 13.7. The van der Waals surface area contributed by atoms with Crippen molar-refractivity contribution in [1.29, 1.82) is 0 Å². The van der Waals surface area contributed by atoms with Gasteiger partial charge in [-0.15, -0.1) is 0 Å². The molecule has 36 heavy (non-hydrogen) atoms. The Bertz CT molecular complexity index is 1320. The number of benzene rings is 1. The number of aryl methyl sites for hydroxylation is 2. The van der Waals surface area contributed by atoms with Crippen molar-refractivity contribution in [2.45, 2.75) is 52.5 Å². The molecule has 0 unspecified atom stereocenters. The highest BCUT2D eigenvalue weighted by Gasteiger charge is 2.28. The second-order valence-electron chi connectivity index (χ2n) is 10.5. The normalized spacial score (nSPS) is 19.7. The number of hydrogen-bond acceptors (Lipinski definition) is 5. The molecule has 2 aliphatic heterocycles. The summed E-state index contributed by atoms with van der Waals surface area (Å²) in [4.78, 5) is 31.3. The van der Waals surface area contributed by atoms with Gasteiger partial charge in [-0.3, -0.25) is 14.3 Å². The van der Waals surface area contributed by atoms with Gasteiger partial charge < -0.3 is 19.1 Å². The maximum absolute atomic E-state index is 13.7. The van der Waals surface area contributed by atoms with Crippen LogP contribution < -0.4 is 5.56 Å². The molecule has 1 aromatic carbocycles. The van der Waals surface area contributed by atoms with E-state index in [0.717, 1.165) is 99.2 Å². The van der Waals surface area contributed by atoms with Crippen molar-refractivity contribution in [2.75, 3.05) is 45.9 Å². The van der Waals surface area contributed by atoms with E-state index < -0.39 is 0 Å². The molecular formula is C28H39N5O3. The lowest BCUT2D eigenvalue weighted by molar-refractivity contribution is 0.0525. The zero-order valence-electron chi connectivity index (χ0n) is 22.1. The number of carbonyl (C=O) groups excluding carboxylic acids is 1. The van der Waals surface area contributed by atoms with Crippen molar-refractivity contribution in [2.24, 2.45) is 13.0 Å². The maximum Gasteiger partial charge on any atom is 0.261 e. The van der Waals surface area contributed by atoms with Crippen molar-refractivity contribution >= 4 is 27.7 Å². The Morgan fingerprint density at radius 3 is 2.58 bits per heavy atom. The molecule has 0 saturated carbocycles. The molecule has 4 heterocycles. The molecule has 8 heteroatoms. The smallest absolute Gasteiger partial charge is 0.261 e. The first-order chi connectivity index (χ1) is 17.4. The van der Waals surface area contributed by atoms with Crippen LogP contribution in [0.3, 0.4) is 0 Å². The number of likely N-dealkylation sites (tertiary alicyclic amines) is 2. The van der Waals surface area contributed by atoms with Crippen LogP contribution in [0.25, 0.3) is 21.8 Å². The fourth-order valence-corrected chi connectivity index (χ4v) is 5.91. The van der Waals surface area contributed by atoms with E-state index in [1.807, 2.05) is 35.7 Å². The molecule has 0 radical (unpaired) electrons. The summed E-state index contributed by atoms with van der Waals surface area (Å²) in [7, 11) is 1.81. The Balaban J connectivity index is 1.50. The van der Waals surface area contributed by atoms with Crippen LogP contribution in [-0.4, -0.2) is 76.0 Å². The molecule has 0 N–H and O–H groups in total. The van der Waals surface area contributed by atoms with Crippen LogP contribution in [0.1, 0.15) is 61.5 Å². The van der Waals surface area contributed by atoms with E-state index in [-0.39, 0.29) is 17.5 Å². The fraction of sp³-hybridized carbons (Fsp3) is 0.607. The Hall–Kier alpha value is -2.71. The van der Waals surface area contributed by atoms with Gasteiger partial charge >= 0.3 is 0 Å². The summed E-state index contributed by atoms with van der Waals surface area (Å²) in [5, 5.41) is 6.24. The predicted octanol–water partition coefficient (Wildman–Crippen LogP) is 3.74. The van der Waals surface area contributed by atoms with Crippen molar-refractivity contribution < 1.29 is 9.53 Å². The third-order valence-electron chi connectivity index (χ3n) is 8.16. The number of rotatable bonds is 7. The second-order valence-corrected chi connectivity index (χ2v) is 10.5. The Morgan fingerprint density at radius 2 is 1.89 bits per heavy atom. The van der Waals surface area contributed by atoms with Crippen LogP contribution in [0.15, 0.2) is 23.1 Å². The number of aromatic nitrogens is 3. The first-order valence-electron chi connectivity index (χ1n) is 13.5. The minimum Gasteiger partial charge on any atom is -0.381 e. The van der Waals surface area contributed by atoms with Crippen molar-refractivity contribution in [3.8, 4) is 0 Å². The lowest BCUT2D eigenvalue weighted by atomic mass is 9.96. The molecule has 2 aliphatic rings. The number of carbonyl (C=O) groups is 1. The molecule has 0 spiro atoms. The molecule has 2 saturated heterocycles. The number of likely N-dealkylation sites (N-methyl/N-ethyl adjacent to an activating group) is 1. The molecule has 0 bridgehead atoms. The van der Waals surface area contributed by atoms with Crippen molar-refractivity contribution in [3.05, 3.63) is 39.8 Å². The summed E-state index contributed by atoms with van der Waals surface area (Å²) in [5.74, 6) is 0.601. The van der Waals surface area contributed by atoms with E-state index in [2.05, 4.69) is 18.7 Å². The summed E-state index contributed by atoms with van der Waals surface area (Å²) < 4.78 is 9.48. The van der Waals surface area contributed by atoms with Gasteiger partial charge in [-0.05, 0) is 62.8 Å². The summed E-state index contributed by atoms with van der Waals surface area (Å²) in [5.41, 5.74) is 3.29. The van der Waals surface area contributed by atoms with E-state index in [1.165, 1.54) is 0 Å². The van der Waals surface area contributed by atoms with E-state index in [1.54, 1.807) is 10.8 Å². The van der Waals surface area contributed by atoms with Gasteiger partial charge in [0, 0.05) is 57.4 Å². The van der Waals surface area contributed by atoms with Gasteiger partial charge in [0.15, 0.2) is 0 Å². The third-order valence-corrected chi connectivity index (χ3v) is 8.16. The van der Waals surface area contributed by atoms with Crippen molar-refractivity contribution in [3.63, 3.8) is 0 Å². The highest BCUT2D eigenvalue weighted by Crippen LogP contribution is 2.31. The van der Waals surface area contributed by atoms with Crippen LogP contribution in [0.5, 0.6) is 0 Å². The Labute approximate surface area is 212 Å².